The van der Waals surface area contributed by atoms with E-state index in [0.29, 0.717) is 29.2 Å². The number of ketones is 1. The molecule has 1 aliphatic heterocycles. The van der Waals surface area contributed by atoms with Crippen molar-refractivity contribution in [3.8, 4) is 11.5 Å². The average molecular weight is 411 g/mol. The summed E-state index contributed by atoms with van der Waals surface area (Å²) < 4.78 is 16.7. The van der Waals surface area contributed by atoms with Gasteiger partial charge in [0, 0.05) is 29.3 Å². The Balaban J connectivity index is 1.78. The van der Waals surface area contributed by atoms with E-state index in [0.717, 1.165) is 49.8 Å². The van der Waals surface area contributed by atoms with Crippen LogP contribution in [0.2, 0.25) is 0 Å². The van der Waals surface area contributed by atoms with Gasteiger partial charge in [0.2, 0.25) is 0 Å². The molecule has 3 aliphatic rings. The minimum Gasteiger partial charge on any atom is -0.493 e. The van der Waals surface area contributed by atoms with Gasteiger partial charge in [0.05, 0.1) is 14.2 Å². The Morgan fingerprint density at radius 2 is 1.77 bits per heavy atom. The Bertz CT molecular complexity index is 910. The predicted octanol–water partition coefficient (Wildman–Crippen LogP) is 4.37. The van der Waals surface area contributed by atoms with Crippen LogP contribution in [0.1, 0.15) is 63.4 Å². The molecule has 1 heterocycles. The fraction of sp³-hybridized carbons (Fsp3) is 0.542. The summed E-state index contributed by atoms with van der Waals surface area (Å²) in [6.45, 7) is 1.87. The van der Waals surface area contributed by atoms with E-state index in [9.17, 15) is 9.59 Å². The second-order valence-electron chi connectivity index (χ2n) is 8.30. The van der Waals surface area contributed by atoms with Crippen LogP contribution in [0.15, 0.2) is 34.5 Å². The Morgan fingerprint density at radius 1 is 1.03 bits per heavy atom. The molecule has 0 N–H and O–H groups in total. The number of hydrogen-bond donors (Lipinski definition) is 0. The van der Waals surface area contributed by atoms with Gasteiger partial charge in [-0.2, -0.15) is 0 Å². The molecule has 0 radical (unpaired) electrons. The largest absolute Gasteiger partial charge is 0.493 e. The topological polar surface area (TPSA) is 74.2 Å². The molecule has 4 rings (SSSR count). The standard InChI is InChI=1S/C24H29NO5/c1-14-21(24(27)30-16-7-4-5-8-16)22(23-17(25-14)9-6-10-18(23)26)15-11-12-19(28-2)20(13-15)29-3/h11-13,16,21-22H,4-10H2,1-3H3/t21?,22-/m0/s1. The summed E-state index contributed by atoms with van der Waals surface area (Å²) >= 11 is 0. The number of nitrogens with zero attached hydrogens (tertiary/aromatic N) is 1. The Kier molecular flexibility index (Phi) is 5.93. The lowest BCUT2D eigenvalue weighted by Crippen LogP contribution is -2.38. The maximum Gasteiger partial charge on any atom is 0.315 e. The van der Waals surface area contributed by atoms with E-state index >= 15 is 0 Å². The molecule has 1 saturated carbocycles. The first-order valence-corrected chi connectivity index (χ1v) is 10.8. The van der Waals surface area contributed by atoms with Crippen molar-refractivity contribution in [3.63, 3.8) is 0 Å². The zero-order chi connectivity index (χ0) is 21.3. The third-order valence-corrected chi connectivity index (χ3v) is 6.44. The van der Waals surface area contributed by atoms with E-state index in [1.165, 1.54) is 0 Å². The maximum absolute atomic E-state index is 13.3. The molecule has 1 aromatic rings. The molecule has 0 amide bonds. The lowest BCUT2D eigenvalue weighted by atomic mass is 9.71. The second kappa shape index (κ2) is 8.62. The number of Topliss-reactive ketones (excluding diaryl/α,β-unsaturated/α-hetero) is 1. The minimum absolute atomic E-state index is 0.0335. The van der Waals surface area contributed by atoms with Gasteiger partial charge in [-0.25, -0.2) is 0 Å². The van der Waals surface area contributed by atoms with Crippen molar-refractivity contribution in [2.75, 3.05) is 14.2 Å². The molecule has 0 spiro atoms. The summed E-state index contributed by atoms with van der Waals surface area (Å²) in [6.07, 6.45) is 5.99. The van der Waals surface area contributed by atoms with Gasteiger partial charge in [0.1, 0.15) is 12.0 Å². The number of aliphatic imine (C=N–C) groups is 1. The van der Waals surface area contributed by atoms with Crippen molar-refractivity contribution in [2.24, 2.45) is 10.9 Å². The van der Waals surface area contributed by atoms with Crippen LogP contribution >= 0.6 is 0 Å². The molecule has 6 heteroatoms. The monoisotopic (exact) mass is 411 g/mol. The third-order valence-electron chi connectivity index (χ3n) is 6.44. The first-order valence-electron chi connectivity index (χ1n) is 10.8. The summed E-state index contributed by atoms with van der Waals surface area (Å²) in [6, 6.07) is 5.60. The van der Waals surface area contributed by atoms with Crippen molar-refractivity contribution >= 4 is 17.5 Å². The number of rotatable bonds is 5. The van der Waals surface area contributed by atoms with Crippen LogP contribution in [0.5, 0.6) is 11.5 Å². The smallest absolute Gasteiger partial charge is 0.315 e. The zero-order valence-electron chi connectivity index (χ0n) is 17.9. The first kappa shape index (κ1) is 20.6. The van der Waals surface area contributed by atoms with E-state index in [1.807, 2.05) is 25.1 Å². The summed E-state index contributed by atoms with van der Waals surface area (Å²) in [7, 11) is 3.17. The highest BCUT2D eigenvalue weighted by atomic mass is 16.5. The Morgan fingerprint density at radius 3 is 2.47 bits per heavy atom. The van der Waals surface area contributed by atoms with Crippen LogP contribution in [0.4, 0.5) is 0 Å². The van der Waals surface area contributed by atoms with Gasteiger partial charge in [-0.05, 0) is 63.1 Å². The van der Waals surface area contributed by atoms with Gasteiger partial charge in [-0.1, -0.05) is 6.07 Å². The molecule has 0 saturated heterocycles. The number of esters is 1. The summed E-state index contributed by atoms with van der Waals surface area (Å²) in [5, 5.41) is 0. The molecule has 1 unspecified atom stereocenters. The molecular formula is C24H29NO5. The molecule has 1 fully saturated rings. The summed E-state index contributed by atoms with van der Waals surface area (Å²) in [5.74, 6) is -0.0532. The van der Waals surface area contributed by atoms with Crippen LogP contribution < -0.4 is 9.47 Å². The second-order valence-corrected chi connectivity index (χ2v) is 8.30. The van der Waals surface area contributed by atoms with Gasteiger partial charge >= 0.3 is 5.97 Å². The first-order chi connectivity index (χ1) is 14.5. The van der Waals surface area contributed by atoms with Crippen molar-refractivity contribution in [1.29, 1.82) is 0 Å². The van der Waals surface area contributed by atoms with Gasteiger partial charge in [0.25, 0.3) is 0 Å². The van der Waals surface area contributed by atoms with Gasteiger partial charge in [-0.15, -0.1) is 0 Å². The van der Waals surface area contributed by atoms with E-state index in [-0.39, 0.29) is 17.9 Å². The molecule has 30 heavy (non-hydrogen) atoms. The molecule has 2 atom stereocenters. The van der Waals surface area contributed by atoms with E-state index in [4.69, 9.17) is 19.2 Å². The van der Waals surface area contributed by atoms with Gasteiger partial charge in [0.15, 0.2) is 17.3 Å². The number of benzene rings is 1. The fourth-order valence-corrected chi connectivity index (χ4v) is 4.96. The van der Waals surface area contributed by atoms with E-state index in [1.54, 1.807) is 14.2 Å². The number of hydrogen-bond acceptors (Lipinski definition) is 6. The van der Waals surface area contributed by atoms with Crippen LogP contribution in [-0.4, -0.2) is 37.8 Å². The molecular weight excluding hydrogens is 382 g/mol. The number of methoxy groups -OCH3 is 2. The van der Waals surface area contributed by atoms with Crippen molar-refractivity contribution < 1.29 is 23.8 Å². The van der Waals surface area contributed by atoms with Crippen molar-refractivity contribution in [1.82, 2.24) is 0 Å². The van der Waals surface area contributed by atoms with Crippen molar-refractivity contribution in [3.05, 3.63) is 35.0 Å². The lowest BCUT2D eigenvalue weighted by Gasteiger charge is -2.35. The number of ether oxygens (including phenoxy) is 3. The van der Waals surface area contributed by atoms with E-state index < -0.39 is 11.8 Å². The number of carbonyl (C=O) groups is 2. The molecule has 6 nitrogen and oxygen atoms in total. The minimum atomic E-state index is -0.607. The quantitative estimate of drug-likeness (QED) is 0.673. The highest BCUT2D eigenvalue weighted by molar-refractivity contribution is 6.08. The van der Waals surface area contributed by atoms with Crippen LogP contribution in [0, 0.1) is 5.92 Å². The molecule has 0 bridgehead atoms. The molecule has 160 valence electrons. The number of carbonyl (C=O) groups excluding carboxylic acids is 2. The zero-order valence-corrected chi connectivity index (χ0v) is 17.9. The highest BCUT2D eigenvalue weighted by Gasteiger charge is 2.44. The summed E-state index contributed by atoms with van der Waals surface area (Å²) in [5.41, 5.74) is 3.03. The highest BCUT2D eigenvalue weighted by Crippen LogP contribution is 2.45. The van der Waals surface area contributed by atoms with E-state index in [2.05, 4.69) is 0 Å². The van der Waals surface area contributed by atoms with Gasteiger partial charge < -0.3 is 14.2 Å². The van der Waals surface area contributed by atoms with Gasteiger partial charge in [-0.3, -0.25) is 14.6 Å². The van der Waals surface area contributed by atoms with Crippen molar-refractivity contribution in [2.45, 2.75) is 63.9 Å². The fourth-order valence-electron chi connectivity index (χ4n) is 4.96. The normalized spacial score (nSPS) is 24.4. The predicted molar refractivity (Wildman–Crippen MR) is 113 cm³/mol. The average Bonchev–Trinajstić information content (AvgIpc) is 3.25. The SMILES string of the molecule is COc1ccc([C@@H]2C3=C(CCCC3=O)N=C(C)C2C(=O)OC2CCCC2)cc1OC. The lowest BCUT2D eigenvalue weighted by molar-refractivity contribution is -0.151. The molecule has 2 aliphatic carbocycles. The van der Waals surface area contributed by atoms with Crippen LogP contribution in [0.3, 0.4) is 0 Å². The van der Waals surface area contributed by atoms with Crippen LogP contribution in [0.25, 0.3) is 0 Å². The molecule has 0 aromatic heterocycles. The van der Waals surface area contributed by atoms with Crippen LogP contribution in [-0.2, 0) is 14.3 Å². The molecule has 1 aromatic carbocycles. The Hall–Kier alpha value is -2.63. The third kappa shape index (κ3) is 3.75. The maximum atomic E-state index is 13.3. The Labute approximate surface area is 177 Å². The summed E-state index contributed by atoms with van der Waals surface area (Å²) in [4.78, 5) is 31.0. The number of allylic oxidation sites excluding steroid dienone is 2.